The van der Waals surface area contributed by atoms with Crippen LogP contribution < -0.4 is 4.98 Å². The number of hydrogen-bond acceptors (Lipinski definition) is 2. The average Bonchev–Trinajstić information content (AvgIpc) is 3.93. The second-order valence-corrected chi connectivity index (χ2v) is 16.1. The van der Waals surface area contributed by atoms with Gasteiger partial charge in [0.25, 0.3) is 0 Å². The molecule has 0 saturated heterocycles. The number of aromatic nitrogens is 4. The van der Waals surface area contributed by atoms with Crippen LogP contribution in [0.3, 0.4) is 0 Å². The summed E-state index contributed by atoms with van der Waals surface area (Å²) >= 11 is 0. The number of nitrogens with zero attached hydrogens (tertiary/aromatic N) is 4. The number of hydrogen-bond donors (Lipinski definition) is 0. The van der Waals surface area contributed by atoms with E-state index in [0.29, 0.717) is 0 Å². The molecule has 4 nitrogen and oxygen atoms in total. The van der Waals surface area contributed by atoms with Gasteiger partial charge in [0, 0.05) is 17.4 Å². The van der Waals surface area contributed by atoms with E-state index in [1.54, 1.807) is 0 Å². The fourth-order valence-corrected chi connectivity index (χ4v) is 9.19. The average molecular weight is 926 g/mol. The summed E-state index contributed by atoms with van der Waals surface area (Å²) in [6, 6.07) is 64.6. The van der Waals surface area contributed by atoms with Gasteiger partial charge in [-0.3, -0.25) is 9.55 Å². The van der Waals surface area contributed by atoms with E-state index in [1.165, 1.54) is 27.8 Å². The minimum Gasteiger partial charge on any atom is -0.656 e. The van der Waals surface area contributed by atoms with E-state index in [9.17, 15) is 0 Å². The van der Waals surface area contributed by atoms with Crippen LogP contribution in [-0.2, 0) is 31.9 Å². The van der Waals surface area contributed by atoms with Crippen molar-refractivity contribution < 1.29 is 21.1 Å². The van der Waals surface area contributed by atoms with Gasteiger partial charge in [0.05, 0.1) is 22.1 Å². The van der Waals surface area contributed by atoms with Crippen molar-refractivity contribution in [2.75, 3.05) is 0 Å². The topological polar surface area (TPSA) is 44.8 Å². The van der Waals surface area contributed by atoms with Crippen LogP contribution in [0.2, 0.25) is 0 Å². The van der Waals surface area contributed by atoms with Gasteiger partial charge in [0.15, 0.2) is 0 Å². The fourth-order valence-electron chi connectivity index (χ4n) is 9.19. The summed E-state index contributed by atoms with van der Waals surface area (Å²) in [4.78, 5) is 15.9. The van der Waals surface area contributed by atoms with Crippen LogP contribution in [0.5, 0.6) is 0 Å². The van der Waals surface area contributed by atoms with Gasteiger partial charge in [0.2, 0.25) is 0 Å². The quantitative estimate of drug-likeness (QED) is 0.162. The SMILES string of the molecule is CC(C)(C)c1cc(-c2cccc3c2nc(-c2cccc4c2[n-]c2ccccc24)n3-c2ccccc2)[c-]c(C2(c3ccccn3)c3ccccc3-c3ccccc32)c1.[Pt+2]. The summed E-state index contributed by atoms with van der Waals surface area (Å²) in [5.74, 6) is 0.854. The Morgan fingerprint density at radius 2 is 1.24 bits per heavy atom. The molecule has 1 aliphatic rings. The molecule has 0 N–H and O–H groups in total. The summed E-state index contributed by atoms with van der Waals surface area (Å²) in [6.07, 6.45) is 1.92. The van der Waals surface area contributed by atoms with Crippen LogP contribution in [0.1, 0.15) is 48.7 Å². The van der Waals surface area contributed by atoms with Gasteiger partial charge in [-0.25, -0.2) is 4.98 Å². The van der Waals surface area contributed by atoms with E-state index >= 15 is 0 Å². The van der Waals surface area contributed by atoms with Gasteiger partial charge in [0.1, 0.15) is 5.82 Å². The van der Waals surface area contributed by atoms with Crippen LogP contribution in [0.4, 0.5) is 0 Å². The van der Waals surface area contributed by atoms with Crippen molar-refractivity contribution in [3.05, 3.63) is 210 Å². The predicted octanol–water partition coefficient (Wildman–Crippen LogP) is 12.5. The molecule has 7 aromatic carbocycles. The molecule has 280 valence electrons. The number of benzene rings is 7. The normalized spacial score (nSPS) is 13.1. The van der Waals surface area contributed by atoms with E-state index in [4.69, 9.17) is 15.0 Å². The summed E-state index contributed by atoms with van der Waals surface area (Å²) in [5, 5.41) is 2.28. The third kappa shape index (κ3) is 5.32. The minimum absolute atomic E-state index is 0. The first-order valence-electron chi connectivity index (χ1n) is 19.6. The maximum atomic E-state index is 5.61. The molecule has 0 spiro atoms. The molecule has 0 bridgehead atoms. The number of imidazole rings is 1. The summed E-state index contributed by atoms with van der Waals surface area (Å²) in [6.45, 7) is 6.88. The van der Waals surface area contributed by atoms with E-state index in [0.717, 1.165) is 72.3 Å². The number of fused-ring (bicyclic) bond motifs is 7. The molecule has 5 heteroatoms. The molecule has 10 aromatic rings. The van der Waals surface area contributed by atoms with Crippen LogP contribution in [0.15, 0.2) is 176 Å². The van der Waals surface area contributed by atoms with Crippen molar-refractivity contribution in [1.82, 2.24) is 19.5 Å². The molecule has 11 rings (SSSR count). The standard InChI is InChI=1S/C53H38N4.Pt/c1-52(2,3)35-31-34(32-36(33-35)53(48-29-13-14-30-54-48)44-25-10-7-19-39(44)40-20-8-11-26-45(40)53)38-22-16-28-47-50(38)56-51(57(47)37-17-5-4-6-18-37)43-24-15-23-42-41-21-9-12-27-46(41)55-49(42)43;/h4-31,33H,1-3H3;/q-2;+2. The van der Waals surface area contributed by atoms with E-state index in [-0.39, 0.29) is 26.5 Å². The first-order valence-corrected chi connectivity index (χ1v) is 19.6. The maximum absolute atomic E-state index is 5.61. The maximum Gasteiger partial charge on any atom is 2.00 e. The van der Waals surface area contributed by atoms with Crippen molar-refractivity contribution in [1.29, 1.82) is 0 Å². The van der Waals surface area contributed by atoms with Gasteiger partial charge in [-0.2, -0.15) is 0 Å². The van der Waals surface area contributed by atoms with Crippen molar-refractivity contribution in [2.24, 2.45) is 0 Å². The molecule has 0 aliphatic heterocycles. The first kappa shape index (κ1) is 36.0. The zero-order valence-electron chi connectivity index (χ0n) is 32.3. The van der Waals surface area contributed by atoms with Crippen LogP contribution in [0.25, 0.3) is 72.2 Å². The smallest absolute Gasteiger partial charge is 0.656 e. The molecule has 3 heterocycles. The summed E-state index contributed by atoms with van der Waals surface area (Å²) in [5.41, 5.74) is 15.3. The molecule has 0 fully saturated rings. The van der Waals surface area contributed by atoms with E-state index in [1.807, 2.05) is 12.3 Å². The van der Waals surface area contributed by atoms with Gasteiger partial charge in [-0.05, 0) is 68.8 Å². The molecule has 0 amide bonds. The van der Waals surface area contributed by atoms with Crippen molar-refractivity contribution in [2.45, 2.75) is 31.6 Å². The van der Waals surface area contributed by atoms with Crippen molar-refractivity contribution >= 4 is 32.8 Å². The third-order valence-electron chi connectivity index (χ3n) is 11.8. The minimum atomic E-state index is -0.686. The Morgan fingerprint density at radius 3 is 1.98 bits per heavy atom. The van der Waals surface area contributed by atoms with Gasteiger partial charge >= 0.3 is 21.1 Å². The molecule has 0 unspecified atom stereocenters. The number of rotatable bonds is 5. The molecule has 0 atom stereocenters. The number of para-hydroxylation sites is 4. The summed E-state index contributed by atoms with van der Waals surface area (Å²) in [7, 11) is 0. The molecule has 1 aliphatic carbocycles. The van der Waals surface area contributed by atoms with Gasteiger partial charge < -0.3 is 4.98 Å². The zero-order chi connectivity index (χ0) is 38.3. The predicted molar refractivity (Wildman–Crippen MR) is 233 cm³/mol. The monoisotopic (exact) mass is 925 g/mol. The van der Waals surface area contributed by atoms with Crippen LogP contribution in [0, 0.1) is 6.07 Å². The Balaban J connectivity index is 0.00000408. The summed E-state index contributed by atoms with van der Waals surface area (Å²) < 4.78 is 2.29. The van der Waals surface area contributed by atoms with Crippen molar-refractivity contribution in [3.8, 4) is 39.3 Å². The molecular weight excluding hydrogens is 888 g/mol. The fraction of sp³-hybridized carbons (Fsp3) is 0.0943. The van der Waals surface area contributed by atoms with Crippen LogP contribution >= 0.6 is 0 Å². The Labute approximate surface area is 352 Å². The first-order chi connectivity index (χ1) is 27.9. The van der Waals surface area contributed by atoms with Gasteiger partial charge in [-0.1, -0.05) is 154 Å². The second kappa shape index (κ2) is 13.6. The van der Waals surface area contributed by atoms with Crippen LogP contribution in [-0.4, -0.2) is 14.5 Å². The van der Waals surface area contributed by atoms with E-state index < -0.39 is 5.41 Å². The zero-order valence-corrected chi connectivity index (χ0v) is 34.6. The number of pyridine rings is 1. The third-order valence-corrected chi connectivity index (χ3v) is 11.8. The van der Waals surface area contributed by atoms with E-state index in [2.05, 4.69) is 195 Å². The van der Waals surface area contributed by atoms with Gasteiger partial charge in [-0.15, -0.1) is 45.9 Å². The largest absolute Gasteiger partial charge is 2.00 e. The molecular formula is C53H38N4Pt. The molecule has 58 heavy (non-hydrogen) atoms. The second-order valence-electron chi connectivity index (χ2n) is 16.1. The Hall–Kier alpha value is -6.35. The molecule has 0 saturated carbocycles. The Kier molecular flexibility index (Phi) is 8.48. The Morgan fingerprint density at radius 1 is 0.603 bits per heavy atom. The Bertz CT molecular complexity index is 3120. The van der Waals surface area contributed by atoms with Crippen molar-refractivity contribution in [3.63, 3.8) is 0 Å². The molecule has 0 radical (unpaired) electrons. The molecule has 3 aromatic heterocycles.